The average Bonchev–Trinajstić information content (AvgIpc) is 2.60. The Morgan fingerprint density at radius 1 is 1.55 bits per heavy atom. The maximum Gasteiger partial charge on any atom is 0.289 e. The van der Waals surface area contributed by atoms with E-state index in [0.29, 0.717) is 11.7 Å². The normalized spacial score (nSPS) is 9.82. The Kier molecular flexibility index (Phi) is 1.61. The molecule has 0 amide bonds. The fourth-order valence-corrected chi connectivity index (χ4v) is 1.12. The summed E-state index contributed by atoms with van der Waals surface area (Å²) < 4.78 is 14.1. The molecule has 0 fully saturated rings. The highest BCUT2D eigenvalue weighted by atomic mass is 32.1. The molecule has 0 spiro atoms. The first kappa shape index (κ1) is 6.42. The third-order valence-electron chi connectivity index (χ3n) is 1.12. The van der Waals surface area contributed by atoms with Gasteiger partial charge >= 0.3 is 0 Å². The molecule has 2 rings (SSSR count). The molecule has 2 heterocycles. The lowest BCUT2D eigenvalue weighted by molar-refractivity contribution is 0.347. The van der Waals surface area contributed by atoms with Crippen LogP contribution in [0.3, 0.4) is 0 Å². The molecular weight excluding hydrogens is 162 g/mol. The van der Waals surface area contributed by atoms with Crippen molar-refractivity contribution in [1.82, 2.24) is 4.37 Å². The molecule has 0 aliphatic carbocycles. The molecule has 0 aromatic carbocycles. The molecule has 0 unspecified atom stereocenters. The molecule has 0 saturated carbocycles. The smallest absolute Gasteiger partial charge is 0.289 e. The summed E-state index contributed by atoms with van der Waals surface area (Å²) in [5.41, 5.74) is 0. The van der Waals surface area contributed by atoms with Crippen molar-refractivity contribution in [3.8, 4) is 11.7 Å². The summed E-state index contributed by atoms with van der Waals surface area (Å²) in [6.45, 7) is 0. The van der Waals surface area contributed by atoms with Crippen LogP contribution in [0.25, 0.3) is 0 Å². The molecule has 2 aromatic rings. The number of nitrogens with zero attached hydrogens (tertiary/aromatic N) is 1. The molecule has 4 heteroatoms. The molecular formula is C7H5NO2S. The Morgan fingerprint density at radius 2 is 2.55 bits per heavy atom. The standard InChI is InChI=1S/C7H5NO2S/c1-2-7(9-3-1)10-6-4-8-11-5-6/h1-5H. The minimum Gasteiger partial charge on any atom is -0.434 e. The van der Waals surface area contributed by atoms with Gasteiger partial charge in [0.25, 0.3) is 5.95 Å². The largest absolute Gasteiger partial charge is 0.434 e. The number of rotatable bonds is 2. The highest BCUT2D eigenvalue weighted by Crippen LogP contribution is 2.21. The minimum atomic E-state index is 0.491. The van der Waals surface area contributed by atoms with Gasteiger partial charge in [0, 0.05) is 6.07 Å². The summed E-state index contributed by atoms with van der Waals surface area (Å²) in [4.78, 5) is 0. The maximum absolute atomic E-state index is 5.24. The third-order valence-corrected chi connectivity index (χ3v) is 1.69. The van der Waals surface area contributed by atoms with E-state index in [9.17, 15) is 0 Å². The van der Waals surface area contributed by atoms with Gasteiger partial charge in [-0.3, -0.25) is 0 Å². The molecule has 0 N–H and O–H groups in total. The van der Waals surface area contributed by atoms with Gasteiger partial charge in [-0.1, -0.05) is 0 Å². The Bertz CT molecular complexity index is 269. The van der Waals surface area contributed by atoms with E-state index >= 15 is 0 Å². The average molecular weight is 167 g/mol. The van der Waals surface area contributed by atoms with Crippen LogP contribution in [-0.2, 0) is 0 Å². The van der Waals surface area contributed by atoms with Gasteiger partial charge in [-0.15, -0.1) is 0 Å². The van der Waals surface area contributed by atoms with Crippen molar-refractivity contribution in [2.75, 3.05) is 0 Å². The molecule has 0 bridgehead atoms. The molecule has 0 aliphatic rings. The first-order valence-electron chi connectivity index (χ1n) is 3.06. The van der Waals surface area contributed by atoms with Gasteiger partial charge in [0.15, 0.2) is 5.75 Å². The monoisotopic (exact) mass is 167 g/mol. The van der Waals surface area contributed by atoms with Gasteiger partial charge < -0.3 is 9.15 Å². The second-order valence-corrected chi connectivity index (χ2v) is 2.55. The van der Waals surface area contributed by atoms with Crippen LogP contribution in [0, 0.1) is 0 Å². The van der Waals surface area contributed by atoms with E-state index in [1.165, 1.54) is 11.5 Å². The first-order chi connectivity index (χ1) is 5.45. The summed E-state index contributed by atoms with van der Waals surface area (Å²) in [7, 11) is 0. The van der Waals surface area contributed by atoms with E-state index in [1.54, 1.807) is 24.6 Å². The van der Waals surface area contributed by atoms with E-state index in [4.69, 9.17) is 9.15 Å². The summed E-state index contributed by atoms with van der Waals surface area (Å²) in [5.74, 6) is 1.20. The third kappa shape index (κ3) is 1.40. The van der Waals surface area contributed by atoms with Crippen molar-refractivity contribution >= 4 is 11.5 Å². The van der Waals surface area contributed by atoms with Crippen LogP contribution in [0.2, 0.25) is 0 Å². The van der Waals surface area contributed by atoms with Crippen molar-refractivity contribution in [3.05, 3.63) is 30.0 Å². The number of hydrogen-bond donors (Lipinski definition) is 0. The zero-order valence-electron chi connectivity index (χ0n) is 5.56. The van der Waals surface area contributed by atoms with Crippen LogP contribution in [0.1, 0.15) is 0 Å². The molecule has 3 nitrogen and oxygen atoms in total. The SMILES string of the molecule is c1coc(Oc2cnsc2)c1. The van der Waals surface area contributed by atoms with E-state index in [1.807, 2.05) is 5.38 Å². The van der Waals surface area contributed by atoms with Gasteiger partial charge in [0.1, 0.15) is 0 Å². The lowest BCUT2D eigenvalue weighted by atomic mass is 10.6. The topological polar surface area (TPSA) is 35.3 Å². The predicted molar refractivity (Wildman–Crippen MR) is 40.9 cm³/mol. The predicted octanol–water partition coefficient (Wildman–Crippen LogP) is 2.53. The Hall–Kier alpha value is -1.29. The highest BCUT2D eigenvalue weighted by Gasteiger charge is 1.98. The Morgan fingerprint density at radius 3 is 3.18 bits per heavy atom. The number of hydrogen-bond acceptors (Lipinski definition) is 4. The number of aromatic nitrogens is 1. The molecule has 0 saturated heterocycles. The summed E-state index contributed by atoms with van der Waals surface area (Å²) in [6.07, 6.45) is 3.21. The molecule has 56 valence electrons. The van der Waals surface area contributed by atoms with E-state index in [-0.39, 0.29) is 0 Å². The van der Waals surface area contributed by atoms with Crippen LogP contribution in [0.4, 0.5) is 0 Å². The Labute approximate surface area is 67.4 Å². The van der Waals surface area contributed by atoms with E-state index in [0.717, 1.165) is 0 Å². The fourth-order valence-electron chi connectivity index (χ4n) is 0.683. The minimum absolute atomic E-state index is 0.491. The van der Waals surface area contributed by atoms with Crippen molar-refractivity contribution in [2.24, 2.45) is 0 Å². The lowest BCUT2D eigenvalue weighted by Crippen LogP contribution is -1.76. The van der Waals surface area contributed by atoms with Gasteiger partial charge in [0.2, 0.25) is 0 Å². The fraction of sp³-hybridized carbons (Fsp3) is 0. The highest BCUT2D eigenvalue weighted by molar-refractivity contribution is 7.03. The van der Waals surface area contributed by atoms with Gasteiger partial charge in [-0.05, 0) is 17.6 Å². The number of ether oxygens (including phenoxy) is 1. The van der Waals surface area contributed by atoms with E-state index < -0.39 is 0 Å². The van der Waals surface area contributed by atoms with Crippen LogP contribution in [0.5, 0.6) is 11.7 Å². The second-order valence-electron chi connectivity index (χ2n) is 1.89. The first-order valence-corrected chi connectivity index (χ1v) is 3.89. The number of furan rings is 1. The molecule has 0 aliphatic heterocycles. The molecule has 0 radical (unpaired) electrons. The molecule has 11 heavy (non-hydrogen) atoms. The van der Waals surface area contributed by atoms with Crippen LogP contribution in [-0.4, -0.2) is 4.37 Å². The maximum atomic E-state index is 5.24. The molecule has 0 atom stereocenters. The van der Waals surface area contributed by atoms with Gasteiger partial charge in [-0.25, -0.2) is 0 Å². The van der Waals surface area contributed by atoms with Crippen LogP contribution >= 0.6 is 11.5 Å². The van der Waals surface area contributed by atoms with Crippen LogP contribution in [0.15, 0.2) is 34.4 Å². The zero-order chi connectivity index (χ0) is 7.52. The van der Waals surface area contributed by atoms with E-state index in [2.05, 4.69) is 4.37 Å². The summed E-state index contributed by atoms with van der Waals surface area (Å²) in [6, 6.07) is 3.52. The van der Waals surface area contributed by atoms with Gasteiger partial charge in [-0.2, -0.15) is 4.37 Å². The second kappa shape index (κ2) is 2.75. The van der Waals surface area contributed by atoms with Crippen molar-refractivity contribution in [2.45, 2.75) is 0 Å². The van der Waals surface area contributed by atoms with Crippen molar-refractivity contribution < 1.29 is 9.15 Å². The Balaban J connectivity index is 2.14. The lowest BCUT2D eigenvalue weighted by Gasteiger charge is -1.94. The summed E-state index contributed by atoms with van der Waals surface area (Å²) >= 11 is 1.34. The van der Waals surface area contributed by atoms with Crippen LogP contribution < -0.4 is 4.74 Å². The quantitative estimate of drug-likeness (QED) is 0.689. The van der Waals surface area contributed by atoms with Gasteiger partial charge in [0.05, 0.1) is 17.8 Å². The zero-order valence-corrected chi connectivity index (χ0v) is 6.38. The van der Waals surface area contributed by atoms with Crippen molar-refractivity contribution in [3.63, 3.8) is 0 Å². The summed E-state index contributed by atoms with van der Waals surface area (Å²) in [5, 5.41) is 1.81. The van der Waals surface area contributed by atoms with Crippen molar-refractivity contribution in [1.29, 1.82) is 0 Å². The molecule has 2 aromatic heterocycles.